The van der Waals surface area contributed by atoms with Gasteiger partial charge in [0.15, 0.2) is 0 Å². The van der Waals surface area contributed by atoms with Crippen LogP contribution in [-0.4, -0.2) is 29.1 Å². The van der Waals surface area contributed by atoms with E-state index in [0.717, 1.165) is 0 Å². The number of aromatic nitrogens is 1. The highest BCUT2D eigenvalue weighted by molar-refractivity contribution is 6.29. The van der Waals surface area contributed by atoms with Gasteiger partial charge in [-0.3, -0.25) is 4.90 Å². The summed E-state index contributed by atoms with van der Waals surface area (Å²) in [6, 6.07) is 6.45. The van der Waals surface area contributed by atoms with Crippen LogP contribution in [0, 0.1) is 5.82 Å². The maximum Gasteiger partial charge on any atom is 0.416 e. The summed E-state index contributed by atoms with van der Waals surface area (Å²) in [5.74, 6) is -0.417. The standard InChI is InChI=1S/C29H26ClF7N2O3/c1-14(2)20-11-21(25(41-4)12-22(20)31)19-5-6-26(30)38-23(19)13-39-15(3)7-24(42-27(39)40)16-8-17(28(32,33)34)10-18(9-16)29(35,36)37/h5-6,8-12,14-15,24H,7,13H2,1-4H3/t15-,24?/m0/s1. The van der Waals surface area contributed by atoms with Crippen LogP contribution in [0.4, 0.5) is 35.5 Å². The average Bonchev–Trinajstić information content (AvgIpc) is 2.89. The molecule has 2 atom stereocenters. The Hall–Kier alpha value is -3.54. The average molecular weight is 619 g/mol. The lowest BCUT2D eigenvalue weighted by Crippen LogP contribution is -2.44. The zero-order chi connectivity index (χ0) is 31.1. The second-order valence-corrected chi connectivity index (χ2v) is 10.7. The van der Waals surface area contributed by atoms with E-state index in [0.29, 0.717) is 34.5 Å². The van der Waals surface area contributed by atoms with Crippen molar-refractivity contribution >= 4 is 17.7 Å². The first-order chi connectivity index (χ1) is 19.5. The second-order valence-electron chi connectivity index (χ2n) is 10.3. The number of rotatable bonds is 6. The van der Waals surface area contributed by atoms with Crippen molar-refractivity contribution in [3.63, 3.8) is 0 Å². The quantitative estimate of drug-likeness (QED) is 0.204. The summed E-state index contributed by atoms with van der Waals surface area (Å²) in [7, 11) is 1.37. The molecule has 0 saturated carbocycles. The van der Waals surface area contributed by atoms with Gasteiger partial charge in [-0.1, -0.05) is 25.4 Å². The molecule has 13 heteroatoms. The Balaban J connectivity index is 1.68. The van der Waals surface area contributed by atoms with E-state index in [1.54, 1.807) is 19.1 Å². The van der Waals surface area contributed by atoms with Crippen molar-refractivity contribution in [3.8, 4) is 16.9 Å². The third kappa shape index (κ3) is 6.58. The maximum absolute atomic E-state index is 14.7. The minimum Gasteiger partial charge on any atom is -0.496 e. The molecule has 1 saturated heterocycles. The van der Waals surface area contributed by atoms with Crippen LogP contribution >= 0.6 is 11.6 Å². The van der Waals surface area contributed by atoms with E-state index in [-0.39, 0.29) is 35.9 Å². The van der Waals surface area contributed by atoms with Crippen LogP contribution in [0.2, 0.25) is 5.15 Å². The van der Waals surface area contributed by atoms with Crippen LogP contribution in [0.5, 0.6) is 5.75 Å². The van der Waals surface area contributed by atoms with Crippen LogP contribution in [-0.2, 0) is 23.6 Å². The monoisotopic (exact) mass is 618 g/mol. The predicted octanol–water partition coefficient (Wildman–Crippen LogP) is 9.18. The molecule has 0 radical (unpaired) electrons. The molecule has 3 aromatic rings. The topological polar surface area (TPSA) is 51.7 Å². The van der Waals surface area contributed by atoms with E-state index in [1.165, 1.54) is 24.1 Å². The van der Waals surface area contributed by atoms with Gasteiger partial charge in [-0.2, -0.15) is 26.3 Å². The number of pyridine rings is 1. The minimum absolute atomic E-state index is 0.0185. The fourth-order valence-corrected chi connectivity index (χ4v) is 5.00. The van der Waals surface area contributed by atoms with E-state index >= 15 is 0 Å². The van der Waals surface area contributed by atoms with Crippen LogP contribution in [0.3, 0.4) is 0 Å². The number of hydrogen-bond acceptors (Lipinski definition) is 4. The number of ether oxygens (including phenoxy) is 2. The number of carbonyl (C=O) groups excluding carboxylic acids is 1. The lowest BCUT2D eigenvalue weighted by atomic mass is 9.94. The van der Waals surface area contributed by atoms with Gasteiger partial charge in [0.1, 0.15) is 22.8 Å². The molecular weight excluding hydrogens is 593 g/mol. The Labute approximate surface area is 242 Å². The van der Waals surface area contributed by atoms with Gasteiger partial charge < -0.3 is 9.47 Å². The van der Waals surface area contributed by atoms with Crippen LogP contribution in [0.15, 0.2) is 42.5 Å². The van der Waals surface area contributed by atoms with Crippen LogP contribution in [0.25, 0.3) is 11.1 Å². The van der Waals surface area contributed by atoms with E-state index < -0.39 is 53.1 Å². The molecule has 2 heterocycles. The fraction of sp³-hybridized carbons (Fsp3) is 0.379. The predicted molar refractivity (Wildman–Crippen MR) is 141 cm³/mol. The number of cyclic esters (lactones) is 1. The smallest absolute Gasteiger partial charge is 0.416 e. The van der Waals surface area contributed by atoms with Crippen molar-refractivity contribution in [2.45, 2.75) is 64.2 Å². The summed E-state index contributed by atoms with van der Waals surface area (Å²) in [5.41, 5.74) is -1.74. The number of alkyl halides is 6. The van der Waals surface area contributed by atoms with E-state index in [9.17, 15) is 35.5 Å². The van der Waals surface area contributed by atoms with Gasteiger partial charge in [0.2, 0.25) is 0 Å². The first kappa shape index (κ1) is 31.4. The lowest BCUT2D eigenvalue weighted by Gasteiger charge is -2.37. The fourth-order valence-electron chi connectivity index (χ4n) is 4.84. The molecule has 0 aliphatic carbocycles. The van der Waals surface area contributed by atoms with Crippen LogP contribution in [0.1, 0.15) is 67.2 Å². The molecule has 42 heavy (non-hydrogen) atoms. The Morgan fingerprint density at radius 2 is 1.64 bits per heavy atom. The van der Waals surface area contributed by atoms with E-state index in [4.69, 9.17) is 21.1 Å². The summed E-state index contributed by atoms with van der Waals surface area (Å²) in [6.45, 7) is 5.06. The Morgan fingerprint density at radius 3 is 2.17 bits per heavy atom. The normalized spacial score (nSPS) is 17.9. The summed E-state index contributed by atoms with van der Waals surface area (Å²) < 4.78 is 106. The molecule has 1 aromatic heterocycles. The highest BCUT2D eigenvalue weighted by atomic mass is 35.5. The number of carbonyl (C=O) groups is 1. The van der Waals surface area contributed by atoms with Gasteiger partial charge in [0.25, 0.3) is 0 Å². The van der Waals surface area contributed by atoms with Crippen LogP contribution < -0.4 is 4.74 Å². The second kappa shape index (κ2) is 11.6. The highest BCUT2D eigenvalue weighted by Crippen LogP contribution is 2.41. The van der Waals surface area contributed by atoms with Crippen molar-refractivity contribution < 1.29 is 45.0 Å². The third-order valence-electron chi connectivity index (χ3n) is 7.04. The molecule has 5 nitrogen and oxygen atoms in total. The third-order valence-corrected chi connectivity index (χ3v) is 7.25. The maximum atomic E-state index is 14.7. The van der Waals surface area contributed by atoms with Crippen molar-refractivity contribution in [3.05, 3.63) is 81.4 Å². The summed E-state index contributed by atoms with van der Waals surface area (Å²) in [4.78, 5) is 18.7. The molecule has 2 aromatic carbocycles. The number of halogens is 8. The molecule has 0 bridgehead atoms. The number of hydrogen-bond donors (Lipinski definition) is 0. The van der Waals surface area contributed by atoms with Crippen molar-refractivity contribution in [1.82, 2.24) is 9.88 Å². The number of nitrogens with zero attached hydrogens (tertiary/aromatic N) is 2. The van der Waals surface area contributed by atoms with Crippen molar-refractivity contribution in [2.75, 3.05) is 7.11 Å². The first-order valence-electron chi connectivity index (χ1n) is 12.8. The molecule has 4 rings (SSSR count). The van der Waals surface area contributed by atoms with Gasteiger partial charge in [0, 0.05) is 29.7 Å². The molecule has 1 aliphatic rings. The largest absolute Gasteiger partial charge is 0.496 e. The zero-order valence-electron chi connectivity index (χ0n) is 22.8. The van der Waals surface area contributed by atoms with Gasteiger partial charge in [-0.05, 0) is 60.4 Å². The van der Waals surface area contributed by atoms with Gasteiger partial charge in [0.05, 0.1) is 30.5 Å². The zero-order valence-corrected chi connectivity index (χ0v) is 23.6. The Bertz CT molecular complexity index is 1460. The SMILES string of the molecule is COc1cc(F)c(C(C)C)cc1-c1ccc(Cl)nc1CN1C(=O)OC(c2cc(C(F)(F)F)cc(C(F)(F)F)c2)C[C@@H]1C. The molecule has 0 spiro atoms. The number of benzene rings is 2. The molecule has 1 unspecified atom stereocenters. The molecular formula is C29H26ClF7N2O3. The number of methoxy groups -OCH3 is 1. The molecule has 1 fully saturated rings. The lowest BCUT2D eigenvalue weighted by molar-refractivity contribution is -0.143. The first-order valence-corrected chi connectivity index (χ1v) is 13.2. The molecule has 0 N–H and O–H groups in total. The van der Waals surface area contributed by atoms with Crippen molar-refractivity contribution in [1.29, 1.82) is 0 Å². The summed E-state index contributed by atoms with van der Waals surface area (Å²) in [6.07, 6.45) is -12.5. The highest BCUT2D eigenvalue weighted by Gasteiger charge is 2.40. The Kier molecular flexibility index (Phi) is 8.69. The molecule has 1 aliphatic heterocycles. The number of amides is 1. The van der Waals surface area contributed by atoms with Gasteiger partial charge in [-0.25, -0.2) is 14.2 Å². The molecule has 226 valence electrons. The minimum atomic E-state index is -5.04. The van der Waals surface area contributed by atoms with E-state index in [2.05, 4.69) is 4.98 Å². The summed E-state index contributed by atoms with van der Waals surface area (Å²) >= 11 is 6.16. The summed E-state index contributed by atoms with van der Waals surface area (Å²) in [5, 5.41) is 0.0958. The van der Waals surface area contributed by atoms with Crippen molar-refractivity contribution in [2.24, 2.45) is 0 Å². The van der Waals surface area contributed by atoms with Gasteiger partial charge in [-0.15, -0.1) is 0 Å². The molecule has 1 amide bonds. The Morgan fingerprint density at radius 1 is 1.02 bits per heavy atom. The van der Waals surface area contributed by atoms with Gasteiger partial charge >= 0.3 is 18.4 Å². The van der Waals surface area contributed by atoms with E-state index in [1.807, 2.05) is 13.8 Å².